The predicted molar refractivity (Wildman–Crippen MR) is 98.7 cm³/mol. The number of anilines is 2. The average molecular weight is 341 g/mol. The van der Waals surface area contributed by atoms with E-state index in [1.54, 1.807) is 43.3 Å². The number of hydrogen-bond acceptors (Lipinski definition) is 4. The van der Waals surface area contributed by atoms with Crippen LogP contribution in [-0.4, -0.2) is 31.0 Å². The maximum Gasteiger partial charge on any atom is 0.247 e. The normalized spacial score (nSPS) is 11.5. The number of benzene rings is 2. The standard InChI is InChI=1S/C19H23N3O3/c1-3-25-17-11-7-10-16(12-17)22(18(23)13-20)14(2)19(24)21-15-8-5-4-6-9-15/h4-12,14H,3,13,20H2,1-2H3,(H,21,24). The lowest BCUT2D eigenvalue weighted by Gasteiger charge is -2.28. The van der Waals surface area contributed by atoms with Gasteiger partial charge in [-0.25, -0.2) is 0 Å². The molecule has 3 N–H and O–H groups in total. The van der Waals surface area contributed by atoms with E-state index in [2.05, 4.69) is 5.32 Å². The van der Waals surface area contributed by atoms with Crippen molar-refractivity contribution in [3.8, 4) is 5.75 Å². The maximum absolute atomic E-state index is 12.6. The van der Waals surface area contributed by atoms with Crippen molar-refractivity contribution in [2.24, 2.45) is 5.73 Å². The number of nitrogens with zero attached hydrogens (tertiary/aromatic N) is 1. The van der Waals surface area contributed by atoms with E-state index < -0.39 is 6.04 Å². The monoisotopic (exact) mass is 341 g/mol. The molecule has 0 radical (unpaired) electrons. The van der Waals surface area contributed by atoms with Crippen LogP contribution in [0.1, 0.15) is 13.8 Å². The van der Waals surface area contributed by atoms with Gasteiger partial charge in [0.25, 0.3) is 0 Å². The molecule has 0 aliphatic carbocycles. The van der Waals surface area contributed by atoms with E-state index in [0.717, 1.165) is 0 Å². The summed E-state index contributed by atoms with van der Waals surface area (Å²) >= 11 is 0. The number of rotatable bonds is 7. The van der Waals surface area contributed by atoms with Gasteiger partial charge in [0.2, 0.25) is 11.8 Å². The molecule has 132 valence electrons. The van der Waals surface area contributed by atoms with E-state index in [4.69, 9.17) is 10.5 Å². The zero-order valence-corrected chi connectivity index (χ0v) is 14.4. The number of ether oxygens (including phenoxy) is 1. The van der Waals surface area contributed by atoms with Crippen molar-refractivity contribution >= 4 is 23.2 Å². The first-order chi connectivity index (χ1) is 12.1. The third kappa shape index (κ3) is 4.81. The molecule has 0 spiro atoms. The molecule has 0 heterocycles. The molecule has 2 amide bonds. The Morgan fingerprint density at radius 3 is 2.52 bits per heavy atom. The topological polar surface area (TPSA) is 84.7 Å². The number of amides is 2. The number of carbonyl (C=O) groups is 2. The molecule has 0 saturated carbocycles. The van der Waals surface area contributed by atoms with Gasteiger partial charge in [0.1, 0.15) is 11.8 Å². The van der Waals surface area contributed by atoms with Gasteiger partial charge in [-0.1, -0.05) is 24.3 Å². The van der Waals surface area contributed by atoms with Crippen LogP contribution in [0.5, 0.6) is 5.75 Å². The van der Waals surface area contributed by atoms with Gasteiger partial charge in [0.05, 0.1) is 13.2 Å². The van der Waals surface area contributed by atoms with Crippen molar-refractivity contribution in [1.29, 1.82) is 0 Å². The SMILES string of the molecule is CCOc1cccc(N(C(=O)CN)C(C)C(=O)Nc2ccccc2)c1. The largest absolute Gasteiger partial charge is 0.494 e. The molecule has 0 aliphatic heterocycles. The number of para-hydroxylation sites is 1. The van der Waals surface area contributed by atoms with Gasteiger partial charge in [0.15, 0.2) is 0 Å². The number of hydrogen-bond donors (Lipinski definition) is 2. The highest BCUT2D eigenvalue weighted by molar-refractivity contribution is 6.05. The fourth-order valence-corrected chi connectivity index (χ4v) is 2.46. The molecule has 2 rings (SSSR count). The van der Waals surface area contributed by atoms with Crippen LogP contribution in [0.25, 0.3) is 0 Å². The minimum Gasteiger partial charge on any atom is -0.494 e. The van der Waals surface area contributed by atoms with Crippen molar-refractivity contribution in [3.63, 3.8) is 0 Å². The third-order valence-electron chi connectivity index (χ3n) is 3.66. The zero-order chi connectivity index (χ0) is 18.2. The molecule has 0 aromatic heterocycles. The fraction of sp³-hybridized carbons (Fsp3) is 0.263. The number of carbonyl (C=O) groups excluding carboxylic acids is 2. The van der Waals surface area contributed by atoms with Crippen LogP contribution >= 0.6 is 0 Å². The smallest absolute Gasteiger partial charge is 0.247 e. The molecule has 0 saturated heterocycles. The van der Waals surface area contributed by atoms with Gasteiger partial charge in [-0.15, -0.1) is 0 Å². The summed E-state index contributed by atoms with van der Waals surface area (Å²) in [7, 11) is 0. The van der Waals surface area contributed by atoms with E-state index >= 15 is 0 Å². The summed E-state index contributed by atoms with van der Waals surface area (Å²) in [4.78, 5) is 26.3. The third-order valence-corrected chi connectivity index (χ3v) is 3.66. The Labute approximate surface area is 147 Å². The van der Waals surface area contributed by atoms with E-state index in [9.17, 15) is 9.59 Å². The average Bonchev–Trinajstić information content (AvgIpc) is 2.63. The summed E-state index contributed by atoms with van der Waals surface area (Å²) in [6, 6.07) is 15.4. The van der Waals surface area contributed by atoms with E-state index in [0.29, 0.717) is 23.7 Å². The Balaban J connectivity index is 2.25. The molecule has 2 aromatic rings. The van der Waals surface area contributed by atoms with E-state index in [1.165, 1.54) is 4.90 Å². The van der Waals surface area contributed by atoms with Crippen LogP contribution in [-0.2, 0) is 9.59 Å². The lowest BCUT2D eigenvalue weighted by molar-refractivity contribution is -0.122. The van der Waals surface area contributed by atoms with Gasteiger partial charge in [-0.05, 0) is 38.1 Å². The van der Waals surface area contributed by atoms with Crippen LogP contribution in [0.4, 0.5) is 11.4 Å². The van der Waals surface area contributed by atoms with Crippen molar-refractivity contribution in [2.45, 2.75) is 19.9 Å². The summed E-state index contributed by atoms with van der Waals surface area (Å²) < 4.78 is 5.48. The predicted octanol–water partition coefficient (Wildman–Crippen LogP) is 2.40. The first kappa shape index (κ1) is 18.5. The fourth-order valence-electron chi connectivity index (χ4n) is 2.46. The Kier molecular flexibility index (Phi) is 6.54. The minimum atomic E-state index is -0.729. The van der Waals surface area contributed by atoms with Crippen molar-refractivity contribution in [3.05, 3.63) is 54.6 Å². The summed E-state index contributed by atoms with van der Waals surface area (Å²) in [5, 5.41) is 2.81. The lowest BCUT2D eigenvalue weighted by Crippen LogP contribution is -2.48. The van der Waals surface area contributed by atoms with E-state index in [-0.39, 0.29) is 18.4 Å². The highest BCUT2D eigenvalue weighted by atomic mass is 16.5. The van der Waals surface area contributed by atoms with Crippen LogP contribution in [0, 0.1) is 0 Å². The Morgan fingerprint density at radius 2 is 1.88 bits per heavy atom. The van der Waals surface area contributed by atoms with Gasteiger partial charge in [0, 0.05) is 17.4 Å². The van der Waals surface area contributed by atoms with Crippen LogP contribution in [0.2, 0.25) is 0 Å². The second kappa shape index (κ2) is 8.84. The molecule has 1 atom stereocenters. The molecular weight excluding hydrogens is 318 g/mol. The number of nitrogens with two attached hydrogens (primary N) is 1. The highest BCUT2D eigenvalue weighted by Gasteiger charge is 2.27. The molecule has 1 unspecified atom stereocenters. The van der Waals surface area contributed by atoms with Gasteiger partial charge in [-0.2, -0.15) is 0 Å². The molecule has 2 aromatic carbocycles. The Hall–Kier alpha value is -2.86. The Bertz CT molecular complexity index is 719. The highest BCUT2D eigenvalue weighted by Crippen LogP contribution is 2.24. The first-order valence-electron chi connectivity index (χ1n) is 8.17. The second-order valence-electron chi connectivity index (χ2n) is 5.43. The van der Waals surface area contributed by atoms with Crippen molar-refractivity contribution in [2.75, 3.05) is 23.4 Å². The molecule has 0 fully saturated rings. The van der Waals surface area contributed by atoms with Gasteiger partial charge >= 0.3 is 0 Å². The minimum absolute atomic E-state index is 0.193. The maximum atomic E-state index is 12.6. The molecule has 6 nitrogen and oxygen atoms in total. The van der Waals surface area contributed by atoms with Crippen molar-refractivity contribution < 1.29 is 14.3 Å². The summed E-state index contributed by atoms with van der Waals surface area (Å²) in [5.74, 6) is -0.00957. The van der Waals surface area contributed by atoms with Crippen LogP contribution < -0.4 is 20.7 Å². The molecule has 0 aliphatic rings. The molecule has 25 heavy (non-hydrogen) atoms. The van der Waals surface area contributed by atoms with Crippen molar-refractivity contribution in [1.82, 2.24) is 0 Å². The number of nitrogens with one attached hydrogen (secondary N) is 1. The molecular formula is C19H23N3O3. The molecule has 0 bridgehead atoms. The quantitative estimate of drug-likeness (QED) is 0.810. The second-order valence-corrected chi connectivity index (χ2v) is 5.43. The van der Waals surface area contributed by atoms with Gasteiger partial charge in [-0.3, -0.25) is 14.5 Å². The lowest BCUT2D eigenvalue weighted by atomic mass is 10.2. The Morgan fingerprint density at radius 1 is 1.16 bits per heavy atom. The summed E-state index contributed by atoms with van der Waals surface area (Å²) in [6.07, 6.45) is 0. The van der Waals surface area contributed by atoms with Crippen LogP contribution in [0.3, 0.4) is 0 Å². The van der Waals surface area contributed by atoms with Gasteiger partial charge < -0.3 is 15.8 Å². The van der Waals surface area contributed by atoms with Crippen LogP contribution in [0.15, 0.2) is 54.6 Å². The summed E-state index contributed by atoms with van der Waals surface area (Å²) in [5.41, 5.74) is 6.78. The first-order valence-corrected chi connectivity index (χ1v) is 8.17. The summed E-state index contributed by atoms with van der Waals surface area (Å²) in [6.45, 7) is 3.87. The zero-order valence-electron chi connectivity index (χ0n) is 14.4. The van der Waals surface area contributed by atoms with E-state index in [1.807, 2.05) is 25.1 Å². The molecule has 6 heteroatoms.